The summed E-state index contributed by atoms with van der Waals surface area (Å²) in [4.78, 5) is 46.8. The van der Waals surface area contributed by atoms with Gasteiger partial charge in [-0.05, 0) is 68.9 Å². The van der Waals surface area contributed by atoms with Crippen LogP contribution in [0.1, 0.15) is 54.1 Å². The number of rotatable bonds is 11. The first-order valence-electron chi connectivity index (χ1n) is 16.0. The molecule has 44 heavy (non-hydrogen) atoms. The van der Waals surface area contributed by atoms with E-state index in [4.69, 9.17) is 0 Å². The number of anilines is 1. The van der Waals surface area contributed by atoms with Crippen LogP contribution in [0, 0.1) is 12.8 Å². The van der Waals surface area contributed by atoms with Crippen LogP contribution in [0.25, 0.3) is 11.1 Å². The van der Waals surface area contributed by atoms with E-state index in [2.05, 4.69) is 61.4 Å². The monoisotopic (exact) mass is 598 g/mol. The second-order valence-electron chi connectivity index (χ2n) is 11.9. The molecule has 10 nitrogen and oxygen atoms in total. The first kappa shape index (κ1) is 31.7. The SMILES string of the molecule is CCc1cccc(-c2cnc(C(=O)N3CCN(CC4CCN(CC)CC4)CC3)c(NC(=O)CNCc3cnc(C)nc3)c2)c1. The van der Waals surface area contributed by atoms with Crippen LogP contribution in [0.3, 0.4) is 0 Å². The minimum Gasteiger partial charge on any atom is -0.335 e. The fraction of sp³-hybridized carbons (Fsp3) is 0.500. The van der Waals surface area contributed by atoms with E-state index in [1.165, 1.54) is 31.5 Å². The molecule has 2 saturated heterocycles. The molecule has 2 N–H and O–H groups in total. The van der Waals surface area contributed by atoms with Crippen molar-refractivity contribution in [3.63, 3.8) is 0 Å². The molecule has 0 atom stereocenters. The van der Waals surface area contributed by atoms with E-state index in [1.54, 1.807) is 18.6 Å². The summed E-state index contributed by atoms with van der Waals surface area (Å²) in [6.07, 6.45) is 8.66. The third kappa shape index (κ3) is 8.46. The number of carbonyl (C=O) groups excluding carboxylic acids is 2. The van der Waals surface area contributed by atoms with Crippen molar-refractivity contribution in [2.75, 3.05) is 64.2 Å². The molecule has 10 heteroatoms. The lowest BCUT2D eigenvalue weighted by atomic mass is 9.96. The molecule has 2 amide bonds. The molecule has 5 rings (SSSR count). The van der Waals surface area contributed by atoms with Gasteiger partial charge in [-0.3, -0.25) is 14.5 Å². The molecule has 2 aliphatic heterocycles. The van der Waals surface area contributed by atoms with Crippen LogP contribution < -0.4 is 10.6 Å². The summed E-state index contributed by atoms with van der Waals surface area (Å²) in [5.41, 5.74) is 4.68. The maximum Gasteiger partial charge on any atom is 0.274 e. The van der Waals surface area contributed by atoms with Crippen molar-refractivity contribution >= 4 is 17.5 Å². The van der Waals surface area contributed by atoms with Gasteiger partial charge in [-0.15, -0.1) is 0 Å². The maximum atomic E-state index is 13.8. The first-order valence-corrected chi connectivity index (χ1v) is 16.0. The number of nitrogens with one attached hydrogen (secondary N) is 2. The largest absolute Gasteiger partial charge is 0.335 e. The summed E-state index contributed by atoms with van der Waals surface area (Å²) in [6, 6.07) is 10.1. The Morgan fingerprint density at radius 2 is 1.61 bits per heavy atom. The summed E-state index contributed by atoms with van der Waals surface area (Å²) in [5, 5.41) is 6.12. The highest BCUT2D eigenvalue weighted by molar-refractivity contribution is 6.03. The Kier molecular flexibility index (Phi) is 11.0. The molecule has 3 aromatic rings. The van der Waals surface area contributed by atoms with E-state index < -0.39 is 0 Å². The number of carbonyl (C=O) groups is 2. The van der Waals surface area contributed by atoms with Crippen LogP contribution in [-0.2, 0) is 17.8 Å². The van der Waals surface area contributed by atoms with Gasteiger partial charge in [-0.2, -0.15) is 0 Å². The van der Waals surface area contributed by atoms with Gasteiger partial charge >= 0.3 is 0 Å². The quantitative estimate of drug-likeness (QED) is 0.345. The minimum atomic E-state index is -0.243. The number of piperazine rings is 1. The number of hydrogen-bond acceptors (Lipinski definition) is 8. The average Bonchev–Trinajstić information content (AvgIpc) is 3.06. The lowest BCUT2D eigenvalue weighted by Gasteiger charge is -2.38. The molecule has 2 fully saturated rings. The summed E-state index contributed by atoms with van der Waals surface area (Å²) in [6.45, 7) is 14.4. The van der Waals surface area contributed by atoms with Gasteiger partial charge in [0.15, 0.2) is 5.69 Å². The number of benzene rings is 1. The predicted molar refractivity (Wildman–Crippen MR) is 173 cm³/mol. The number of aromatic nitrogens is 3. The molecule has 2 aromatic heterocycles. The zero-order valence-corrected chi connectivity index (χ0v) is 26.4. The summed E-state index contributed by atoms with van der Waals surface area (Å²) < 4.78 is 0. The molecule has 234 valence electrons. The Balaban J connectivity index is 1.25. The van der Waals surface area contributed by atoms with Gasteiger partial charge in [-0.25, -0.2) is 15.0 Å². The van der Waals surface area contributed by atoms with E-state index >= 15 is 0 Å². The number of hydrogen-bond donors (Lipinski definition) is 2. The van der Waals surface area contributed by atoms with E-state index in [0.717, 1.165) is 55.2 Å². The van der Waals surface area contributed by atoms with Gasteiger partial charge in [0.2, 0.25) is 5.91 Å². The van der Waals surface area contributed by atoms with Crippen LogP contribution in [0.15, 0.2) is 48.9 Å². The van der Waals surface area contributed by atoms with Crippen molar-refractivity contribution in [2.24, 2.45) is 5.92 Å². The van der Waals surface area contributed by atoms with Crippen LogP contribution in [0.5, 0.6) is 0 Å². The maximum absolute atomic E-state index is 13.8. The molecule has 0 aliphatic carbocycles. The van der Waals surface area contributed by atoms with Gasteiger partial charge in [0.1, 0.15) is 5.82 Å². The zero-order chi connectivity index (χ0) is 30.9. The highest BCUT2D eigenvalue weighted by atomic mass is 16.2. The number of amides is 2. The molecule has 0 unspecified atom stereocenters. The van der Waals surface area contributed by atoms with Gasteiger partial charge in [0.25, 0.3) is 5.91 Å². The average molecular weight is 599 g/mol. The first-order chi connectivity index (χ1) is 21.4. The molecular weight excluding hydrogens is 552 g/mol. The normalized spacial score (nSPS) is 16.7. The van der Waals surface area contributed by atoms with Crippen molar-refractivity contribution in [1.29, 1.82) is 0 Å². The number of nitrogens with zero attached hydrogens (tertiary/aromatic N) is 6. The van der Waals surface area contributed by atoms with Crippen molar-refractivity contribution in [2.45, 2.75) is 46.6 Å². The number of pyridine rings is 1. The third-order valence-electron chi connectivity index (χ3n) is 8.81. The van der Waals surface area contributed by atoms with E-state index in [0.29, 0.717) is 31.1 Å². The number of piperidine rings is 1. The van der Waals surface area contributed by atoms with E-state index in [9.17, 15) is 9.59 Å². The summed E-state index contributed by atoms with van der Waals surface area (Å²) in [7, 11) is 0. The van der Waals surface area contributed by atoms with Crippen LogP contribution in [-0.4, -0.2) is 100 Å². The Morgan fingerprint density at radius 1 is 0.864 bits per heavy atom. The van der Waals surface area contributed by atoms with Crippen molar-refractivity contribution in [3.8, 4) is 11.1 Å². The number of likely N-dealkylation sites (tertiary alicyclic amines) is 1. The minimum absolute atomic E-state index is 0.0763. The number of aryl methyl sites for hydroxylation is 2. The second kappa shape index (κ2) is 15.3. The van der Waals surface area contributed by atoms with Gasteiger partial charge < -0.3 is 20.4 Å². The Bertz CT molecular complexity index is 1400. The molecular formula is C34H46N8O2. The van der Waals surface area contributed by atoms with Crippen molar-refractivity contribution in [3.05, 3.63) is 71.6 Å². The van der Waals surface area contributed by atoms with E-state index in [1.807, 2.05) is 30.0 Å². The molecule has 0 bridgehead atoms. The third-order valence-corrected chi connectivity index (χ3v) is 8.81. The molecule has 1 aromatic carbocycles. The predicted octanol–water partition coefficient (Wildman–Crippen LogP) is 3.63. The molecule has 0 saturated carbocycles. The molecule has 0 radical (unpaired) electrons. The van der Waals surface area contributed by atoms with Gasteiger partial charge in [-0.1, -0.05) is 38.1 Å². The lowest BCUT2D eigenvalue weighted by Crippen LogP contribution is -2.50. The fourth-order valence-corrected chi connectivity index (χ4v) is 6.02. The second-order valence-corrected chi connectivity index (χ2v) is 11.9. The van der Waals surface area contributed by atoms with Gasteiger partial charge in [0, 0.05) is 69.0 Å². The Morgan fingerprint density at radius 3 is 2.32 bits per heavy atom. The highest BCUT2D eigenvalue weighted by Gasteiger charge is 2.28. The van der Waals surface area contributed by atoms with Crippen LogP contribution in [0.4, 0.5) is 5.69 Å². The highest BCUT2D eigenvalue weighted by Crippen LogP contribution is 2.27. The van der Waals surface area contributed by atoms with Crippen LogP contribution >= 0.6 is 0 Å². The molecule has 2 aliphatic rings. The van der Waals surface area contributed by atoms with E-state index in [-0.39, 0.29) is 24.1 Å². The smallest absolute Gasteiger partial charge is 0.274 e. The molecule has 4 heterocycles. The topological polar surface area (TPSA) is 107 Å². The summed E-state index contributed by atoms with van der Waals surface area (Å²) >= 11 is 0. The lowest BCUT2D eigenvalue weighted by molar-refractivity contribution is -0.115. The Labute approximate surface area is 261 Å². The fourth-order valence-electron chi connectivity index (χ4n) is 6.02. The van der Waals surface area contributed by atoms with Crippen molar-refractivity contribution < 1.29 is 9.59 Å². The standard InChI is InChI=1S/C34H46N8O2/c1-4-26-7-6-8-29(17-26)30-18-31(39-32(43)23-35-19-28-20-36-25(3)37-21-28)33(38-22-30)34(44)42-15-13-41(14-16-42)24-27-9-11-40(5-2)12-10-27/h6-8,17-18,20-22,27,35H,4-5,9-16,19,23-24H2,1-3H3,(H,39,43). The summed E-state index contributed by atoms with van der Waals surface area (Å²) in [5.74, 6) is 1.05. The van der Waals surface area contributed by atoms with Crippen LogP contribution in [0.2, 0.25) is 0 Å². The zero-order valence-electron chi connectivity index (χ0n) is 26.4. The molecule has 0 spiro atoms. The Hall–Kier alpha value is -3.73. The van der Waals surface area contributed by atoms with Gasteiger partial charge in [0.05, 0.1) is 12.2 Å². The van der Waals surface area contributed by atoms with Crippen molar-refractivity contribution in [1.82, 2.24) is 35.0 Å².